The molecule has 0 aliphatic rings. The predicted molar refractivity (Wildman–Crippen MR) is 34.9 cm³/mol. The van der Waals surface area contributed by atoms with Gasteiger partial charge in [0.15, 0.2) is 6.07 Å². The van der Waals surface area contributed by atoms with Gasteiger partial charge < -0.3 is 0 Å². The molecule has 3 heteroatoms. The normalized spacial score (nSPS) is 9.56. The molecule has 1 N–H and O–H groups in total. The van der Waals surface area contributed by atoms with Crippen molar-refractivity contribution < 1.29 is 4.48 Å². The van der Waals surface area contributed by atoms with Crippen LogP contribution in [-0.2, 0) is 0 Å². The standard InChI is InChI=1S/C6H10N3/c1-9(2,3)6(4-7)5-8/h7H,1-3H3/q+1. The van der Waals surface area contributed by atoms with Gasteiger partial charge in [-0.3, -0.25) is 9.89 Å². The van der Waals surface area contributed by atoms with E-state index in [0.29, 0.717) is 10.2 Å². The SMILES string of the molecule is C[N+](C)(C)C(=C=N)C#N. The molecule has 0 amide bonds. The van der Waals surface area contributed by atoms with Crippen LogP contribution >= 0.6 is 0 Å². The Morgan fingerprint density at radius 2 is 1.89 bits per heavy atom. The smallest absolute Gasteiger partial charge is 0.272 e. The molecule has 0 spiro atoms. The average molecular weight is 124 g/mol. The highest BCUT2D eigenvalue weighted by molar-refractivity contribution is 5.56. The van der Waals surface area contributed by atoms with Gasteiger partial charge in [0.1, 0.15) is 0 Å². The largest absolute Gasteiger partial charge is 0.281 e. The number of rotatable bonds is 1. The lowest BCUT2D eigenvalue weighted by Gasteiger charge is -2.18. The third kappa shape index (κ3) is 2.09. The van der Waals surface area contributed by atoms with E-state index < -0.39 is 0 Å². The molecule has 0 aliphatic carbocycles. The highest BCUT2D eigenvalue weighted by Crippen LogP contribution is 1.99. The summed E-state index contributed by atoms with van der Waals surface area (Å²) in [6.45, 7) is 0. The molecule has 0 fully saturated rings. The number of allylic oxidation sites excluding steroid dienone is 1. The van der Waals surface area contributed by atoms with Gasteiger partial charge in [0, 0.05) is 0 Å². The minimum absolute atomic E-state index is 0.329. The minimum atomic E-state index is 0.329. The molecule has 0 saturated carbocycles. The molecule has 0 rings (SSSR count). The number of nitriles is 1. The van der Waals surface area contributed by atoms with E-state index in [0.717, 1.165) is 0 Å². The van der Waals surface area contributed by atoms with Crippen LogP contribution in [0.25, 0.3) is 0 Å². The van der Waals surface area contributed by atoms with Crippen molar-refractivity contribution in [2.45, 2.75) is 0 Å². The first kappa shape index (κ1) is 7.90. The van der Waals surface area contributed by atoms with E-state index in [1.807, 2.05) is 27.2 Å². The lowest BCUT2D eigenvalue weighted by Crippen LogP contribution is -2.32. The van der Waals surface area contributed by atoms with E-state index in [1.54, 1.807) is 0 Å². The summed E-state index contributed by atoms with van der Waals surface area (Å²) in [5, 5.41) is 15.1. The lowest BCUT2D eigenvalue weighted by atomic mass is 10.4. The summed E-state index contributed by atoms with van der Waals surface area (Å²) in [5.41, 5.74) is 0.329. The van der Waals surface area contributed by atoms with Crippen molar-refractivity contribution in [1.82, 2.24) is 0 Å². The van der Waals surface area contributed by atoms with E-state index in [-0.39, 0.29) is 0 Å². The molecule has 0 atom stereocenters. The van der Waals surface area contributed by atoms with Crippen molar-refractivity contribution in [2.24, 2.45) is 0 Å². The summed E-state index contributed by atoms with van der Waals surface area (Å²) in [7, 11) is 5.46. The quantitative estimate of drug-likeness (QED) is 0.306. The van der Waals surface area contributed by atoms with E-state index in [1.165, 1.54) is 0 Å². The number of nitrogens with one attached hydrogen (secondary N) is 1. The van der Waals surface area contributed by atoms with Crippen molar-refractivity contribution in [3.05, 3.63) is 5.70 Å². The topological polar surface area (TPSA) is 47.6 Å². The maximum Gasteiger partial charge on any atom is 0.272 e. The van der Waals surface area contributed by atoms with E-state index >= 15 is 0 Å². The molecule has 0 radical (unpaired) electrons. The molecule has 9 heavy (non-hydrogen) atoms. The molecule has 0 aromatic carbocycles. The Morgan fingerprint density at radius 3 is 1.89 bits per heavy atom. The van der Waals surface area contributed by atoms with Crippen LogP contribution in [0.4, 0.5) is 0 Å². The first-order chi connectivity index (χ1) is 4.02. The van der Waals surface area contributed by atoms with Gasteiger partial charge in [0.25, 0.3) is 5.70 Å². The van der Waals surface area contributed by atoms with Crippen LogP contribution in [0.2, 0.25) is 0 Å². The van der Waals surface area contributed by atoms with Gasteiger partial charge in [-0.1, -0.05) is 0 Å². The zero-order valence-electron chi connectivity index (χ0n) is 5.89. The number of nitrogens with zero attached hydrogens (tertiary/aromatic N) is 2. The third-order valence-electron chi connectivity index (χ3n) is 0.895. The van der Waals surface area contributed by atoms with Gasteiger partial charge in [0.2, 0.25) is 0 Å². The highest BCUT2D eigenvalue weighted by atomic mass is 15.3. The Kier molecular flexibility index (Phi) is 2.15. The van der Waals surface area contributed by atoms with Crippen LogP contribution in [0, 0.1) is 16.7 Å². The van der Waals surface area contributed by atoms with Crippen molar-refractivity contribution >= 4 is 5.87 Å². The van der Waals surface area contributed by atoms with Gasteiger partial charge in [-0.15, -0.1) is 0 Å². The van der Waals surface area contributed by atoms with E-state index in [9.17, 15) is 0 Å². The Balaban J connectivity index is 4.60. The highest BCUT2D eigenvalue weighted by Gasteiger charge is 2.14. The number of quaternary nitrogens is 1. The van der Waals surface area contributed by atoms with Crippen molar-refractivity contribution in [3.63, 3.8) is 0 Å². The second kappa shape index (κ2) is 2.45. The summed E-state index contributed by atoms with van der Waals surface area (Å²) in [6, 6.07) is 1.88. The number of hydrogen-bond acceptors (Lipinski definition) is 2. The Bertz CT molecular complexity index is 185. The minimum Gasteiger partial charge on any atom is -0.281 e. The van der Waals surface area contributed by atoms with E-state index in [2.05, 4.69) is 5.87 Å². The molecule has 0 aromatic heterocycles. The van der Waals surface area contributed by atoms with Crippen LogP contribution in [0.15, 0.2) is 5.70 Å². The summed E-state index contributed by atoms with van der Waals surface area (Å²) >= 11 is 0. The zero-order valence-corrected chi connectivity index (χ0v) is 5.89. The third-order valence-corrected chi connectivity index (χ3v) is 0.895. The first-order valence-electron chi connectivity index (χ1n) is 2.54. The Hall–Kier alpha value is -1.10. The fourth-order valence-electron chi connectivity index (χ4n) is 0.346. The summed E-state index contributed by atoms with van der Waals surface area (Å²) in [4.78, 5) is 0. The van der Waals surface area contributed by atoms with Gasteiger partial charge in [-0.25, -0.2) is 0 Å². The molecule has 0 unspecified atom stereocenters. The molecule has 0 heterocycles. The van der Waals surface area contributed by atoms with Crippen LogP contribution in [0.1, 0.15) is 0 Å². The summed E-state index contributed by atoms with van der Waals surface area (Å²) in [6.07, 6.45) is 0. The van der Waals surface area contributed by atoms with Crippen molar-refractivity contribution in [1.29, 1.82) is 10.7 Å². The first-order valence-corrected chi connectivity index (χ1v) is 2.54. The second-order valence-electron chi connectivity index (χ2n) is 2.60. The molecular weight excluding hydrogens is 114 g/mol. The van der Waals surface area contributed by atoms with Gasteiger partial charge in [-0.2, -0.15) is 5.26 Å². The number of hydrogen-bond donors (Lipinski definition) is 1. The molecule has 0 aromatic rings. The molecule has 0 saturated heterocycles. The Labute approximate surface area is 54.9 Å². The Morgan fingerprint density at radius 1 is 1.44 bits per heavy atom. The predicted octanol–water partition coefficient (Wildman–Crippen LogP) is 0.349. The van der Waals surface area contributed by atoms with Crippen LogP contribution < -0.4 is 0 Å². The fraction of sp³-hybridized carbons (Fsp3) is 0.500. The fourth-order valence-corrected chi connectivity index (χ4v) is 0.346. The van der Waals surface area contributed by atoms with Crippen molar-refractivity contribution in [2.75, 3.05) is 21.1 Å². The molecule has 0 aliphatic heterocycles. The van der Waals surface area contributed by atoms with Crippen molar-refractivity contribution in [3.8, 4) is 6.07 Å². The van der Waals surface area contributed by atoms with Crippen LogP contribution in [0.5, 0.6) is 0 Å². The summed E-state index contributed by atoms with van der Waals surface area (Å²) < 4.78 is 0.361. The maximum absolute atomic E-state index is 8.38. The average Bonchev–Trinajstić information content (AvgIpc) is 1.65. The summed E-state index contributed by atoms with van der Waals surface area (Å²) in [5.74, 6) is 2.07. The molecule has 3 nitrogen and oxygen atoms in total. The zero-order chi connectivity index (χ0) is 7.49. The van der Waals surface area contributed by atoms with Crippen LogP contribution in [0.3, 0.4) is 0 Å². The molecular formula is C6H10N3+. The van der Waals surface area contributed by atoms with Gasteiger partial charge in [-0.05, 0) is 0 Å². The lowest BCUT2D eigenvalue weighted by molar-refractivity contribution is -0.825. The maximum atomic E-state index is 8.38. The molecule has 48 valence electrons. The van der Waals surface area contributed by atoms with Crippen LogP contribution in [-0.4, -0.2) is 31.5 Å². The molecule has 0 bridgehead atoms. The van der Waals surface area contributed by atoms with E-state index in [4.69, 9.17) is 10.7 Å². The van der Waals surface area contributed by atoms with Gasteiger partial charge >= 0.3 is 0 Å². The monoisotopic (exact) mass is 124 g/mol. The van der Waals surface area contributed by atoms with Gasteiger partial charge in [0.05, 0.1) is 27.0 Å². The second-order valence-corrected chi connectivity index (χ2v) is 2.60.